The molecule has 0 unspecified atom stereocenters. The Balaban J connectivity index is 0.000000148. The van der Waals surface area contributed by atoms with Gasteiger partial charge in [-0.3, -0.25) is 9.11 Å². The van der Waals surface area contributed by atoms with Crippen LogP contribution in [0.1, 0.15) is 0 Å². The Hall–Kier alpha value is -3.82. The molecule has 2 N–H and O–H groups in total. The lowest BCUT2D eigenvalue weighted by molar-refractivity contribution is 0.482. The van der Waals surface area contributed by atoms with Gasteiger partial charge in [-0.05, 0) is 68.7 Å². The van der Waals surface area contributed by atoms with Crippen LogP contribution in [0.5, 0.6) is 0 Å². The van der Waals surface area contributed by atoms with Crippen LogP contribution in [0.3, 0.4) is 0 Å². The molecule has 6 aromatic carbocycles. The standard InChI is InChI=1S/2C14H10O3S/c2*15-18(16,17)14-7-3-6-12-8-10-4-1-2-5-11(10)9-13(12)14/h2*1-9H,(H,15,16,17). The zero-order valence-electron chi connectivity index (χ0n) is 18.7. The molecule has 36 heavy (non-hydrogen) atoms. The van der Waals surface area contributed by atoms with E-state index in [0.29, 0.717) is 10.8 Å². The summed E-state index contributed by atoms with van der Waals surface area (Å²) in [5.41, 5.74) is 0. The summed E-state index contributed by atoms with van der Waals surface area (Å²) < 4.78 is 63.8. The third kappa shape index (κ3) is 4.67. The molecule has 0 radical (unpaired) electrons. The minimum absolute atomic E-state index is 0.0502. The summed E-state index contributed by atoms with van der Waals surface area (Å²) in [5, 5.41) is 6.64. The number of hydrogen-bond acceptors (Lipinski definition) is 4. The van der Waals surface area contributed by atoms with Crippen molar-refractivity contribution in [1.29, 1.82) is 0 Å². The molecule has 8 heteroatoms. The minimum atomic E-state index is -4.20. The SMILES string of the molecule is O=S(=O)(O)c1cccc2cc3ccccc3cc12.O=S(=O)(O)c1cccc2cc3ccccc3cc12. The molecular weight excluding hydrogens is 496 g/mol. The molecule has 0 atom stereocenters. The average molecular weight is 517 g/mol. The van der Waals surface area contributed by atoms with Crippen LogP contribution >= 0.6 is 0 Å². The van der Waals surface area contributed by atoms with Crippen molar-refractivity contribution < 1.29 is 25.9 Å². The van der Waals surface area contributed by atoms with E-state index < -0.39 is 20.2 Å². The first-order chi connectivity index (χ1) is 17.1. The highest BCUT2D eigenvalue weighted by molar-refractivity contribution is 7.86. The lowest BCUT2D eigenvalue weighted by Gasteiger charge is -2.05. The predicted molar refractivity (Wildman–Crippen MR) is 143 cm³/mol. The molecule has 0 spiro atoms. The highest BCUT2D eigenvalue weighted by Gasteiger charge is 2.14. The zero-order chi connectivity index (χ0) is 25.5. The number of benzene rings is 6. The van der Waals surface area contributed by atoms with Crippen LogP contribution in [0.2, 0.25) is 0 Å². The second-order valence-electron chi connectivity index (χ2n) is 8.30. The van der Waals surface area contributed by atoms with Gasteiger partial charge in [0.1, 0.15) is 9.79 Å². The van der Waals surface area contributed by atoms with E-state index in [9.17, 15) is 25.9 Å². The third-order valence-corrected chi connectivity index (χ3v) is 7.79. The van der Waals surface area contributed by atoms with Crippen LogP contribution in [-0.4, -0.2) is 25.9 Å². The van der Waals surface area contributed by atoms with Crippen molar-refractivity contribution in [3.63, 3.8) is 0 Å². The van der Waals surface area contributed by atoms with Gasteiger partial charge in [0.25, 0.3) is 20.2 Å². The molecule has 0 fully saturated rings. The summed E-state index contributed by atoms with van der Waals surface area (Å²) in [6, 6.07) is 32.5. The van der Waals surface area contributed by atoms with Crippen molar-refractivity contribution in [1.82, 2.24) is 0 Å². The maximum atomic E-state index is 11.3. The number of fused-ring (bicyclic) bond motifs is 4. The fourth-order valence-corrected chi connectivity index (χ4v) is 5.74. The first kappa shape index (κ1) is 23.9. The molecule has 0 aliphatic carbocycles. The Bertz CT molecular complexity index is 1850. The van der Waals surface area contributed by atoms with Crippen LogP contribution in [0.15, 0.2) is 119 Å². The van der Waals surface area contributed by atoms with Crippen LogP contribution in [0, 0.1) is 0 Å². The summed E-state index contributed by atoms with van der Waals surface area (Å²) in [6.45, 7) is 0. The molecule has 0 heterocycles. The highest BCUT2D eigenvalue weighted by Crippen LogP contribution is 2.29. The second-order valence-corrected chi connectivity index (χ2v) is 11.1. The predicted octanol–water partition coefficient (Wildman–Crippen LogP) is 6.48. The van der Waals surface area contributed by atoms with Crippen LogP contribution in [0.4, 0.5) is 0 Å². The molecule has 6 rings (SSSR count). The van der Waals surface area contributed by atoms with Gasteiger partial charge in [0.15, 0.2) is 0 Å². The van der Waals surface area contributed by atoms with E-state index in [1.165, 1.54) is 12.1 Å². The van der Waals surface area contributed by atoms with Gasteiger partial charge in [-0.25, -0.2) is 0 Å². The quantitative estimate of drug-likeness (QED) is 0.201. The van der Waals surface area contributed by atoms with Gasteiger partial charge in [0.2, 0.25) is 0 Å². The van der Waals surface area contributed by atoms with E-state index in [1.54, 1.807) is 24.3 Å². The first-order valence-corrected chi connectivity index (χ1v) is 13.8. The van der Waals surface area contributed by atoms with Gasteiger partial charge in [0.05, 0.1) is 0 Å². The van der Waals surface area contributed by atoms with Gasteiger partial charge in [-0.15, -0.1) is 0 Å². The van der Waals surface area contributed by atoms with Crippen molar-refractivity contribution in [3.8, 4) is 0 Å². The third-order valence-electron chi connectivity index (χ3n) is 5.97. The van der Waals surface area contributed by atoms with E-state index >= 15 is 0 Å². The fraction of sp³-hybridized carbons (Fsp3) is 0. The molecule has 0 saturated heterocycles. The highest BCUT2D eigenvalue weighted by atomic mass is 32.2. The Labute approximate surface area is 207 Å². The number of hydrogen-bond donors (Lipinski definition) is 2. The van der Waals surface area contributed by atoms with E-state index in [1.807, 2.05) is 72.8 Å². The van der Waals surface area contributed by atoms with Gasteiger partial charge >= 0.3 is 0 Å². The van der Waals surface area contributed by atoms with E-state index in [-0.39, 0.29) is 9.79 Å². The maximum absolute atomic E-state index is 11.3. The van der Waals surface area contributed by atoms with Crippen LogP contribution in [-0.2, 0) is 20.2 Å². The molecule has 6 aromatic rings. The lowest BCUT2D eigenvalue weighted by Crippen LogP contribution is -1.98. The fourth-order valence-electron chi connectivity index (χ4n) is 4.33. The summed E-state index contributed by atoms with van der Waals surface area (Å²) in [4.78, 5) is -0.100. The van der Waals surface area contributed by atoms with E-state index in [2.05, 4.69) is 0 Å². The van der Waals surface area contributed by atoms with Crippen molar-refractivity contribution >= 4 is 63.3 Å². The lowest BCUT2D eigenvalue weighted by atomic mass is 10.0. The Morgan fingerprint density at radius 2 is 0.694 bits per heavy atom. The van der Waals surface area contributed by atoms with Crippen LogP contribution in [0.25, 0.3) is 43.1 Å². The molecule has 0 saturated carbocycles. The molecule has 0 aromatic heterocycles. The summed E-state index contributed by atoms with van der Waals surface area (Å²) in [5.74, 6) is 0. The molecular formula is C28H20O6S2. The summed E-state index contributed by atoms with van der Waals surface area (Å²) >= 11 is 0. The normalized spacial score (nSPS) is 12.1. The monoisotopic (exact) mass is 516 g/mol. The first-order valence-electron chi connectivity index (χ1n) is 10.9. The molecule has 0 aliphatic rings. The van der Waals surface area contributed by atoms with E-state index in [0.717, 1.165) is 32.3 Å². The zero-order valence-corrected chi connectivity index (χ0v) is 20.4. The van der Waals surface area contributed by atoms with Crippen LogP contribution < -0.4 is 0 Å². The van der Waals surface area contributed by atoms with Crippen molar-refractivity contribution in [2.75, 3.05) is 0 Å². The average Bonchev–Trinajstić information content (AvgIpc) is 2.84. The maximum Gasteiger partial charge on any atom is 0.295 e. The number of rotatable bonds is 2. The molecule has 0 amide bonds. The van der Waals surface area contributed by atoms with E-state index in [4.69, 9.17) is 0 Å². The van der Waals surface area contributed by atoms with Gasteiger partial charge in [-0.1, -0.05) is 72.8 Å². The van der Waals surface area contributed by atoms with Crippen molar-refractivity contribution in [3.05, 3.63) is 109 Å². The largest absolute Gasteiger partial charge is 0.295 e. The molecule has 6 nitrogen and oxygen atoms in total. The topological polar surface area (TPSA) is 109 Å². The molecule has 180 valence electrons. The Kier molecular flexibility index (Phi) is 5.97. The Morgan fingerprint density at radius 1 is 0.389 bits per heavy atom. The smallest absolute Gasteiger partial charge is 0.282 e. The van der Waals surface area contributed by atoms with Gasteiger partial charge < -0.3 is 0 Å². The van der Waals surface area contributed by atoms with Gasteiger partial charge in [0, 0.05) is 10.8 Å². The Morgan fingerprint density at radius 3 is 1.03 bits per heavy atom. The molecule has 0 bridgehead atoms. The summed E-state index contributed by atoms with van der Waals surface area (Å²) in [7, 11) is -8.40. The summed E-state index contributed by atoms with van der Waals surface area (Å²) in [6.07, 6.45) is 0. The van der Waals surface area contributed by atoms with Crippen molar-refractivity contribution in [2.24, 2.45) is 0 Å². The molecule has 0 aliphatic heterocycles. The minimum Gasteiger partial charge on any atom is -0.282 e. The van der Waals surface area contributed by atoms with Gasteiger partial charge in [-0.2, -0.15) is 16.8 Å². The van der Waals surface area contributed by atoms with Crippen molar-refractivity contribution in [2.45, 2.75) is 9.79 Å². The second kappa shape index (κ2) is 9.00.